The molecule has 0 aromatic carbocycles. The van der Waals surface area contributed by atoms with E-state index < -0.39 is 11.2 Å². The van der Waals surface area contributed by atoms with Crippen LogP contribution in [-0.2, 0) is 9.47 Å². The van der Waals surface area contributed by atoms with Crippen molar-refractivity contribution in [3.63, 3.8) is 0 Å². The van der Waals surface area contributed by atoms with Crippen molar-refractivity contribution >= 4 is 12.2 Å². The average molecular weight is 515 g/mol. The molecule has 0 aliphatic carbocycles. The molecular weight excluding hydrogens is 456 g/mol. The van der Waals surface area contributed by atoms with Gasteiger partial charge in [-0.25, -0.2) is 9.59 Å². The molecule has 0 aromatic heterocycles. The van der Waals surface area contributed by atoms with Gasteiger partial charge in [-0.1, -0.05) is 51.4 Å². The number of carbonyl (C=O) groups excluding carboxylic acids is 2. The second kappa shape index (κ2) is 19.6. The highest BCUT2D eigenvalue weighted by Gasteiger charge is 2.22. The van der Waals surface area contributed by atoms with E-state index in [4.69, 9.17) is 20.9 Å². The van der Waals surface area contributed by atoms with Gasteiger partial charge in [0, 0.05) is 26.2 Å². The minimum atomic E-state index is -0.472. The van der Waals surface area contributed by atoms with Crippen molar-refractivity contribution in [1.29, 1.82) is 0 Å². The normalized spacial score (nSPS) is 11.9. The fourth-order valence-electron chi connectivity index (χ4n) is 3.83. The lowest BCUT2D eigenvalue weighted by Gasteiger charge is -2.27. The first-order valence-electron chi connectivity index (χ1n) is 14.3. The Bertz CT molecular complexity index is 523. The van der Waals surface area contributed by atoms with Gasteiger partial charge in [-0.2, -0.15) is 0 Å². The van der Waals surface area contributed by atoms with E-state index >= 15 is 0 Å². The number of hydrogen-bond donors (Lipinski definition) is 2. The molecule has 0 aromatic rings. The SMILES string of the molecule is CC(C)(C)OC(=O)N(CCCN)CCCCCCCCCCCCN(CCCN)C(=O)OC(C)(C)C. The number of carbonyl (C=O) groups is 2. The smallest absolute Gasteiger partial charge is 0.410 e. The van der Waals surface area contributed by atoms with Gasteiger partial charge >= 0.3 is 12.2 Å². The summed E-state index contributed by atoms with van der Waals surface area (Å²) in [6.07, 6.45) is 12.8. The molecule has 8 nitrogen and oxygen atoms in total. The molecule has 0 unspecified atom stereocenters. The fraction of sp³-hybridized carbons (Fsp3) is 0.929. The zero-order chi connectivity index (χ0) is 27.5. The topological polar surface area (TPSA) is 111 Å². The summed E-state index contributed by atoms with van der Waals surface area (Å²) in [5.74, 6) is 0. The first-order chi connectivity index (χ1) is 16.9. The van der Waals surface area contributed by atoms with E-state index in [0.29, 0.717) is 26.2 Å². The summed E-state index contributed by atoms with van der Waals surface area (Å²) in [5, 5.41) is 0. The van der Waals surface area contributed by atoms with Crippen LogP contribution in [0.1, 0.15) is 119 Å². The number of unbranched alkanes of at least 4 members (excludes halogenated alkanes) is 9. The van der Waals surface area contributed by atoms with Crippen LogP contribution in [0.3, 0.4) is 0 Å². The largest absolute Gasteiger partial charge is 0.444 e. The minimum Gasteiger partial charge on any atom is -0.444 e. The standard InChI is InChI=1S/C28H58N4O4/c1-27(2,3)35-25(33)31(23-17-19-29)21-15-13-11-9-7-8-10-12-14-16-22-32(24-18-20-30)26(34)36-28(4,5)6/h7-24,29-30H2,1-6H3. The molecule has 0 aliphatic rings. The molecule has 0 heterocycles. The molecule has 0 aliphatic heterocycles. The van der Waals surface area contributed by atoms with Crippen molar-refractivity contribution in [2.45, 2.75) is 130 Å². The third kappa shape index (κ3) is 20.6. The zero-order valence-electron chi connectivity index (χ0n) is 24.4. The van der Waals surface area contributed by atoms with Crippen LogP contribution in [0.2, 0.25) is 0 Å². The first kappa shape index (κ1) is 34.5. The van der Waals surface area contributed by atoms with E-state index in [9.17, 15) is 9.59 Å². The highest BCUT2D eigenvalue weighted by atomic mass is 16.6. The maximum atomic E-state index is 12.4. The predicted molar refractivity (Wildman–Crippen MR) is 149 cm³/mol. The first-order valence-corrected chi connectivity index (χ1v) is 14.3. The second-order valence-electron chi connectivity index (χ2n) is 11.8. The van der Waals surface area contributed by atoms with Crippen LogP contribution < -0.4 is 11.5 Å². The third-order valence-corrected chi connectivity index (χ3v) is 5.67. The molecule has 0 rings (SSSR count). The predicted octanol–water partition coefficient (Wildman–Crippen LogP) is 6.06. The third-order valence-electron chi connectivity index (χ3n) is 5.67. The summed E-state index contributed by atoms with van der Waals surface area (Å²) >= 11 is 0. The highest BCUT2D eigenvalue weighted by Crippen LogP contribution is 2.15. The lowest BCUT2D eigenvalue weighted by molar-refractivity contribution is 0.0235. The maximum Gasteiger partial charge on any atom is 0.410 e. The maximum absolute atomic E-state index is 12.4. The summed E-state index contributed by atoms with van der Waals surface area (Å²) in [5.41, 5.74) is 10.3. The van der Waals surface area contributed by atoms with E-state index in [-0.39, 0.29) is 12.2 Å². The zero-order valence-corrected chi connectivity index (χ0v) is 24.4. The second-order valence-corrected chi connectivity index (χ2v) is 11.8. The number of rotatable bonds is 19. The Hall–Kier alpha value is -1.54. The molecule has 0 bridgehead atoms. The van der Waals surface area contributed by atoms with Crippen LogP contribution in [0.5, 0.6) is 0 Å². The molecular formula is C28H58N4O4. The molecule has 214 valence electrons. The quantitative estimate of drug-likeness (QED) is 0.203. The van der Waals surface area contributed by atoms with Gasteiger partial charge in [0.15, 0.2) is 0 Å². The fourth-order valence-corrected chi connectivity index (χ4v) is 3.83. The highest BCUT2D eigenvalue weighted by molar-refractivity contribution is 5.68. The number of amides is 2. The summed E-state index contributed by atoms with van der Waals surface area (Å²) in [7, 11) is 0. The molecule has 0 fully saturated rings. The van der Waals surface area contributed by atoms with E-state index in [0.717, 1.165) is 51.6 Å². The molecule has 36 heavy (non-hydrogen) atoms. The Kier molecular flexibility index (Phi) is 18.7. The summed E-state index contributed by atoms with van der Waals surface area (Å²) in [6, 6.07) is 0. The van der Waals surface area contributed by atoms with Crippen molar-refractivity contribution in [2.24, 2.45) is 11.5 Å². The summed E-state index contributed by atoms with van der Waals surface area (Å²) < 4.78 is 11.0. The van der Waals surface area contributed by atoms with Crippen LogP contribution >= 0.6 is 0 Å². The van der Waals surface area contributed by atoms with Crippen molar-refractivity contribution in [1.82, 2.24) is 9.80 Å². The van der Waals surface area contributed by atoms with Crippen LogP contribution in [0.4, 0.5) is 9.59 Å². The van der Waals surface area contributed by atoms with Crippen LogP contribution in [0.15, 0.2) is 0 Å². The molecule has 4 N–H and O–H groups in total. The van der Waals surface area contributed by atoms with Crippen molar-refractivity contribution in [3.05, 3.63) is 0 Å². The average Bonchev–Trinajstić information content (AvgIpc) is 2.75. The van der Waals surface area contributed by atoms with Crippen molar-refractivity contribution in [2.75, 3.05) is 39.3 Å². The van der Waals surface area contributed by atoms with Gasteiger partial charge in [-0.05, 0) is 80.3 Å². The van der Waals surface area contributed by atoms with Gasteiger partial charge in [0.25, 0.3) is 0 Å². The van der Waals surface area contributed by atoms with Gasteiger partial charge in [0.05, 0.1) is 0 Å². The summed E-state index contributed by atoms with van der Waals surface area (Å²) in [4.78, 5) is 28.4. The van der Waals surface area contributed by atoms with Crippen molar-refractivity contribution in [3.8, 4) is 0 Å². The van der Waals surface area contributed by atoms with E-state index in [2.05, 4.69) is 0 Å². The molecule has 0 spiro atoms. The molecule has 0 saturated heterocycles. The van der Waals surface area contributed by atoms with Crippen LogP contribution in [0, 0.1) is 0 Å². The van der Waals surface area contributed by atoms with Gasteiger partial charge in [0.1, 0.15) is 11.2 Å². The molecule has 8 heteroatoms. The number of nitrogens with two attached hydrogens (primary N) is 2. The Labute approximate surface area is 221 Å². The van der Waals surface area contributed by atoms with E-state index in [1.165, 1.54) is 38.5 Å². The Morgan fingerprint density at radius 2 is 0.750 bits per heavy atom. The number of ether oxygens (including phenoxy) is 2. The lowest BCUT2D eigenvalue weighted by Crippen LogP contribution is -2.38. The van der Waals surface area contributed by atoms with Gasteiger partial charge < -0.3 is 30.7 Å². The van der Waals surface area contributed by atoms with Gasteiger partial charge in [-0.15, -0.1) is 0 Å². The van der Waals surface area contributed by atoms with E-state index in [1.54, 1.807) is 9.80 Å². The van der Waals surface area contributed by atoms with Gasteiger partial charge in [0.2, 0.25) is 0 Å². The lowest BCUT2D eigenvalue weighted by atomic mass is 10.1. The summed E-state index contributed by atoms with van der Waals surface area (Å²) in [6.45, 7) is 15.3. The van der Waals surface area contributed by atoms with Crippen LogP contribution in [0.25, 0.3) is 0 Å². The molecule has 2 amide bonds. The molecule has 0 atom stereocenters. The molecule has 0 radical (unpaired) electrons. The van der Waals surface area contributed by atoms with E-state index in [1.807, 2.05) is 41.5 Å². The number of nitrogens with zero attached hydrogens (tertiary/aromatic N) is 2. The Morgan fingerprint density at radius 1 is 0.500 bits per heavy atom. The number of hydrogen-bond acceptors (Lipinski definition) is 6. The van der Waals surface area contributed by atoms with Gasteiger partial charge in [-0.3, -0.25) is 0 Å². The molecule has 0 saturated carbocycles. The Morgan fingerprint density at radius 3 is 1.00 bits per heavy atom. The van der Waals surface area contributed by atoms with Crippen LogP contribution in [-0.4, -0.2) is 72.5 Å². The Balaban J connectivity index is 3.93. The minimum absolute atomic E-state index is 0.232. The van der Waals surface area contributed by atoms with Crippen molar-refractivity contribution < 1.29 is 19.1 Å². The monoisotopic (exact) mass is 514 g/mol.